The largest absolute Gasteiger partial charge is 0.496 e. The average molecular weight is 339 g/mol. The Morgan fingerprint density at radius 2 is 1.80 bits per heavy atom. The second-order valence-electron chi connectivity index (χ2n) is 4.77. The van der Waals surface area contributed by atoms with E-state index in [-0.39, 0.29) is 0 Å². The Morgan fingerprint density at radius 3 is 2.30 bits per heavy atom. The molecule has 0 radical (unpaired) electrons. The van der Waals surface area contributed by atoms with Crippen molar-refractivity contribution in [1.82, 2.24) is 9.55 Å². The highest BCUT2D eigenvalue weighted by molar-refractivity contribution is 9.10. The van der Waals surface area contributed by atoms with E-state index in [2.05, 4.69) is 20.9 Å². The normalized spacial score (nSPS) is 10.7. The SMILES string of the molecule is COc1cc(Cc2nc(C)n(C)c2Br)c(OC)cc1C. The Morgan fingerprint density at radius 1 is 1.15 bits per heavy atom. The molecule has 0 N–H and O–H groups in total. The van der Waals surface area contributed by atoms with Crippen molar-refractivity contribution in [2.45, 2.75) is 20.3 Å². The van der Waals surface area contributed by atoms with E-state index in [1.54, 1.807) is 14.2 Å². The Kier molecular flexibility index (Phi) is 4.38. The average Bonchev–Trinajstić information content (AvgIpc) is 2.67. The highest BCUT2D eigenvalue weighted by atomic mass is 79.9. The van der Waals surface area contributed by atoms with Crippen LogP contribution in [0, 0.1) is 13.8 Å². The highest BCUT2D eigenvalue weighted by Crippen LogP contribution is 2.31. The Labute approximate surface area is 127 Å². The third kappa shape index (κ3) is 2.68. The minimum atomic E-state index is 0.697. The van der Waals surface area contributed by atoms with Crippen LogP contribution in [-0.2, 0) is 13.5 Å². The first-order valence-corrected chi connectivity index (χ1v) is 7.16. The lowest BCUT2D eigenvalue weighted by molar-refractivity contribution is 0.397. The first-order valence-electron chi connectivity index (χ1n) is 6.37. The van der Waals surface area contributed by atoms with Gasteiger partial charge in [-0.2, -0.15) is 0 Å². The number of aromatic nitrogens is 2. The molecule has 2 rings (SSSR count). The minimum Gasteiger partial charge on any atom is -0.496 e. The molecule has 0 saturated heterocycles. The van der Waals surface area contributed by atoms with E-state index in [1.165, 1.54) is 0 Å². The fourth-order valence-corrected chi connectivity index (χ4v) is 2.68. The van der Waals surface area contributed by atoms with Gasteiger partial charge in [0, 0.05) is 19.0 Å². The number of benzene rings is 1. The van der Waals surface area contributed by atoms with Crippen LogP contribution in [0.3, 0.4) is 0 Å². The van der Waals surface area contributed by atoms with Crippen LogP contribution < -0.4 is 9.47 Å². The number of hydrogen-bond acceptors (Lipinski definition) is 3. The van der Waals surface area contributed by atoms with Crippen LogP contribution in [0.15, 0.2) is 16.7 Å². The third-order valence-electron chi connectivity index (χ3n) is 3.47. The molecule has 20 heavy (non-hydrogen) atoms. The second-order valence-corrected chi connectivity index (χ2v) is 5.52. The summed E-state index contributed by atoms with van der Waals surface area (Å²) in [5, 5.41) is 0. The fraction of sp³-hybridized carbons (Fsp3) is 0.400. The number of ether oxygens (including phenoxy) is 2. The third-order valence-corrected chi connectivity index (χ3v) is 4.46. The van der Waals surface area contributed by atoms with E-state index in [0.717, 1.165) is 38.7 Å². The number of aryl methyl sites for hydroxylation is 2. The molecular weight excluding hydrogens is 320 g/mol. The van der Waals surface area contributed by atoms with Crippen LogP contribution in [0.25, 0.3) is 0 Å². The van der Waals surface area contributed by atoms with E-state index in [1.807, 2.05) is 37.6 Å². The summed E-state index contributed by atoms with van der Waals surface area (Å²) in [5.74, 6) is 2.70. The van der Waals surface area contributed by atoms with Crippen molar-refractivity contribution in [2.24, 2.45) is 7.05 Å². The van der Waals surface area contributed by atoms with Gasteiger partial charge in [-0.15, -0.1) is 0 Å². The molecule has 0 amide bonds. The quantitative estimate of drug-likeness (QED) is 0.857. The number of halogens is 1. The maximum absolute atomic E-state index is 5.47. The lowest BCUT2D eigenvalue weighted by Crippen LogP contribution is -1.98. The Bertz CT molecular complexity index is 635. The molecule has 0 aliphatic heterocycles. The molecule has 0 saturated carbocycles. The number of hydrogen-bond donors (Lipinski definition) is 0. The molecule has 0 aliphatic carbocycles. The van der Waals surface area contributed by atoms with Crippen LogP contribution in [-0.4, -0.2) is 23.8 Å². The van der Waals surface area contributed by atoms with Crippen LogP contribution in [0.1, 0.15) is 22.6 Å². The predicted molar refractivity (Wildman–Crippen MR) is 82.7 cm³/mol. The van der Waals surface area contributed by atoms with Crippen LogP contribution >= 0.6 is 15.9 Å². The number of rotatable bonds is 4. The monoisotopic (exact) mass is 338 g/mol. The van der Waals surface area contributed by atoms with Gasteiger partial charge in [0.2, 0.25) is 0 Å². The maximum atomic E-state index is 5.47. The van der Waals surface area contributed by atoms with Gasteiger partial charge in [-0.05, 0) is 47.5 Å². The van der Waals surface area contributed by atoms with Gasteiger partial charge in [-0.1, -0.05) is 0 Å². The zero-order valence-electron chi connectivity index (χ0n) is 12.5. The molecule has 0 spiro atoms. The summed E-state index contributed by atoms with van der Waals surface area (Å²) in [5.41, 5.74) is 3.12. The molecule has 0 unspecified atom stereocenters. The van der Waals surface area contributed by atoms with Crippen molar-refractivity contribution in [2.75, 3.05) is 14.2 Å². The fourth-order valence-electron chi connectivity index (χ4n) is 2.20. The van der Waals surface area contributed by atoms with Gasteiger partial charge in [0.15, 0.2) is 0 Å². The van der Waals surface area contributed by atoms with Gasteiger partial charge in [0.25, 0.3) is 0 Å². The van der Waals surface area contributed by atoms with Crippen molar-refractivity contribution in [3.63, 3.8) is 0 Å². The number of imidazole rings is 1. The molecule has 5 heteroatoms. The second kappa shape index (κ2) is 5.87. The van der Waals surface area contributed by atoms with Crippen LogP contribution in [0.5, 0.6) is 11.5 Å². The Hall–Kier alpha value is -1.49. The molecule has 0 fully saturated rings. The van der Waals surface area contributed by atoms with Crippen LogP contribution in [0.2, 0.25) is 0 Å². The minimum absolute atomic E-state index is 0.697. The first kappa shape index (κ1) is 14.9. The molecule has 0 aliphatic rings. The van der Waals surface area contributed by atoms with Gasteiger partial charge >= 0.3 is 0 Å². The first-order chi connectivity index (χ1) is 9.47. The van der Waals surface area contributed by atoms with E-state index in [4.69, 9.17) is 9.47 Å². The number of nitrogens with zero attached hydrogens (tertiary/aromatic N) is 2. The highest BCUT2D eigenvalue weighted by Gasteiger charge is 2.14. The lowest BCUT2D eigenvalue weighted by atomic mass is 10.1. The molecule has 0 bridgehead atoms. The van der Waals surface area contributed by atoms with E-state index < -0.39 is 0 Å². The zero-order chi connectivity index (χ0) is 14.9. The van der Waals surface area contributed by atoms with Gasteiger partial charge in [0.1, 0.15) is 21.9 Å². The van der Waals surface area contributed by atoms with Crippen molar-refractivity contribution in [1.29, 1.82) is 0 Å². The smallest absolute Gasteiger partial charge is 0.122 e. The predicted octanol–water partition coefficient (Wildman–Crippen LogP) is 3.41. The van der Waals surface area contributed by atoms with Crippen molar-refractivity contribution in [3.05, 3.63) is 39.4 Å². The molecule has 2 aromatic rings. The summed E-state index contributed by atoms with van der Waals surface area (Å²) in [7, 11) is 5.35. The van der Waals surface area contributed by atoms with Crippen LogP contribution in [0.4, 0.5) is 0 Å². The van der Waals surface area contributed by atoms with E-state index in [0.29, 0.717) is 6.42 Å². The summed E-state index contributed by atoms with van der Waals surface area (Å²) in [4.78, 5) is 4.58. The zero-order valence-corrected chi connectivity index (χ0v) is 14.0. The number of methoxy groups -OCH3 is 2. The molecule has 1 aromatic heterocycles. The molecule has 4 nitrogen and oxygen atoms in total. The summed E-state index contributed by atoms with van der Waals surface area (Å²) in [6, 6.07) is 4.02. The standard InChI is InChI=1S/C15H19BrN2O2/c1-9-6-14(20-5)11(8-13(9)19-4)7-12-15(16)18(3)10(2)17-12/h6,8H,7H2,1-5H3. The van der Waals surface area contributed by atoms with Gasteiger partial charge < -0.3 is 14.0 Å². The molecule has 0 atom stereocenters. The van der Waals surface area contributed by atoms with E-state index >= 15 is 0 Å². The van der Waals surface area contributed by atoms with Crippen molar-refractivity contribution >= 4 is 15.9 Å². The lowest BCUT2D eigenvalue weighted by Gasteiger charge is -2.12. The molecule has 108 valence electrons. The maximum Gasteiger partial charge on any atom is 0.122 e. The Balaban J connectivity index is 2.44. The van der Waals surface area contributed by atoms with Gasteiger partial charge in [-0.25, -0.2) is 4.98 Å². The summed E-state index contributed by atoms with van der Waals surface area (Å²) in [6.07, 6.45) is 0.697. The van der Waals surface area contributed by atoms with Gasteiger partial charge in [-0.3, -0.25) is 0 Å². The van der Waals surface area contributed by atoms with Gasteiger partial charge in [0.05, 0.1) is 19.9 Å². The molecular formula is C15H19BrN2O2. The summed E-state index contributed by atoms with van der Waals surface area (Å²) in [6.45, 7) is 3.99. The summed E-state index contributed by atoms with van der Waals surface area (Å²) >= 11 is 3.58. The molecule has 1 aromatic carbocycles. The van der Waals surface area contributed by atoms with E-state index in [9.17, 15) is 0 Å². The van der Waals surface area contributed by atoms with Crippen molar-refractivity contribution < 1.29 is 9.47 Å². The topological polar surface area (TPSA) is 36.3 Å². The van der Waals surface area contributed by atoms with Crippen molar-refractivity contribution in [3.8, 4) is 11.5 Å². The molecule has 1 heterocycles. The summed E-state index contributed by atoms with van der Waals surface area (Å²) < 4.78 is 13.9.